The highest BCUT2D eigenvalue weighted by molar-refractivity contribution is 6.30. The highest BCUT2D eigenvalue weighted by Crippen LogP contribution is 2.31. The van der Waals surface area contributed by atoms with Crippen molar-refractivity contribution < 1.29 is 23.5 Å². The lowest BCUT2D eigenvalue weighted by atomic mass is 9.83. The van der Waals surface area contributed by atoms with Crippen molar-refractivity contribution in [1.82, 2.24) is 0 Å². The van der Waals surface area contributed by atoms with Gasteiger partial charge < -0.3 is 10.1 Å². The fourth-order valence-electron chi connectivity index (χ4n) is 3.14. The smallest absolute Gasteiger partial charge is 0.262 e. The zero-order valence-electron chi connectivity index (χ0n) is 14.6. The molecule has 1 aliphatic rings. The Morgan fingerprint density at radius 2 is 1.46 bits per heavy atom. The van der Waals surface area contributed by atoms with Gasteiger partial charge >= 0.3 is 0 Å². The lowest BCUT2D eigenvalue weighted by molar-refractivity contribution is -0.118. The van der Waals surface area contributed by atoms with Crippen molar-refractivity contribution in [3.8, 4) is 5.75 Å². The van der Waals surface area contributed by atoms with Crippen LogP contribution >= 0.6 is 0 Å². The van der Waals surface area contributed by atoms with Crippen molar-refractivity contribution in [2.45, 2.75) is 0 Å². The molecule has 0 bridgehead atoms. The molecular formula is C22H14FNO4. The molecule has 4 rings (SSSR count). The van der Waals surface area contributed by atoms with E-state index in [1.54, 1.807) is 48.5 Å². The molecule has 0 saturated carbocycles. The maximum atomic E-state index is 13.6. The summed E-state index contributed by atoms with van der Waals surface area (Å²) >= 11 is 0. The summed E-state index contributed by atoms with van der Waals surface area (Å²) in [6.45, 7) is -0.441. The topological polar surface area (TPSA) is 72.5 Å². The van der Waals surface area contributed by atoms with E-state index in [-0.39, 0.29) is 34.1 Å². The first kappa shape index (κ1) is 17.6. The van der Waals surface area contributed by atoms with Gasteiger partial charge in [-0.3, -0.25) is 14.4 Å². The van der Waals surface area contributed by atoms with Crippen LogP contribution in [0.15, 0.2) is 66.7 Å². The molecule has 28 heavy (non-hydrogen) atoms. The van der Waals surface area contributed by atoms with Gasteiger partial charge in [0.15, 0.2) is 29.7 Å². The number of amides is 1. The largest absolute Gasteiger partial charge is 0.481 e. The van der Waals surface area contributed by atoms with Gasteiger partial charge in [-0.2, -0.15) is 0 Å². The third kappa shape index (κ3) is 3.05. The van der Waals surface area contributed by atoms with E-state index >= 15 is 0 Å². The predicted molar refractivity (Wildman–Crippen MR) is 100 cm³/mol. The molecular weight excluding hydrogens is 361 g/mol. The molecule has 6 heteroatoms. The SMILES string of the molecule is O=C(COc1ccccc1F)Nc1cccc2c1C(=O)c1ccccc1C2=O. The van der Waals surface area contributed by atoms with Crippen LogP contribution in [0.1, 0.15) is 31.8 Å². The number of carbonyl (C=O) groups excluding carboxylic acids is 3. The molecule has 0 atom stereocenters. The van der Waals surface area contributed by atoms with E-state index in [1.807, 2.05) is 0 Å². The first-order chi connectivity index (χ1) is 13.6. The normalized spacial score (nSPS) is 12.2. The van der Waals surface area contributed by atoms with Crippen LogP contribution in [0.4, 0.5) is 10.1 Å². The average Bonchev–Trinajstić information content (AvgIpc) is 2.71. The summed E-state index contributed by atoms with van der Waals surface area (Å²) in [5.74, 6) is -1.81. The molecule has 5 nitrogen and oxygen atoms in total. The average molecular weight is 375 g/mol. The van der Waals surface area contributed by atoms with Gasteiger partial charge in [-0.25, -0.2) is 4.39 Å². The molecule has 1 aliphatic carbocycles. The Morgan fingerprint density at radius 1 is 0.821 bits per heavy atom. The van der Waals surface area contributed by atoms with E-state index in [9.17, 15) is 18.8 Å². The van der Waals surface area contributed by atoms with Crippen LogP contribution in [-0.2, 0) is 4.79 Å². The summed E-state index contributed by atoms with van der Waals surface area (Å²) in [6, 6.07) is 17.0. The quantitative estimate of drug-likeness (QED) is 0.591. The van der Waals surface area contributed by atoms with Crippen LogP contribution in [0.25, 0.3) is 0 Å². The maximum absolute atomic E-state index is 13.6. The molecule has 0 aromatic heterocycles. The van der Waals surface area contributed by atoms with Gasteiger partial charge in [0.05, 0.1) is 11.3 Å². The van der Waals surface area contributed by atoms with Gasteiger partial charge in [0.2, 0.25) is 0 Å². The Labute approximate surface area is 159 Å². The number of fused-ring (bicyclic) bond motifs is 2. The molecule has 138 valence electrons. The molecule has 3 aromatic rings. The van der Waals surface area contributed by atoms with Crippen molar-refractivity contribution in [3.63, 3.8) is 0 Å². The Kier molecular flexibility index (Phi) is 4.45. The summed E-state index contributed by atoms with van der Waals surface area (Å²) in [6.07, 6.45) is 0. The fraction of sp³-hybridized carbons (Fsp3) is 0.0455. The molecule has 1 amide bonds. The molecule has 1 N–H and O–H groups in total. The monoisotopic (exact) mass is 375 g/mol. The Morgan fingerprint density at radius 3 is 2.21 bits per heavy atom. The Bertz CT molecular complexity index is 1120. The minimum absolute atomic E-state index is 0.0482. The predicted octanol–water partition coefficient (Wildman–Crippen LogP) is 3.62. The second-order valence-corrected chi connectivity index (χ2v) is 6.20. The summed E-state index contributed by atoms with van der Waals surface area (Å²) in [4.78, 5) is 37.9. The Balaban J connectivity index is 1.59. The number of ether oxygens (including phenoxy) is 1. The van der Waals surface area contributed by atoms with E-state index in [1.165, 1.54) is 18.2 Å². The third-order valence-electron chi connectivity index (χ3n) is 4.42. The number of rotatable bonds is 4. The van der Waals surface area contributed by atoms with Crippen LogP contribution < -0.4 is 10.1 Å². The summed E-state index contributed by atoms with van der Waals surface area (Å²) in [7, 11) is 0. The van der Waals surface area contributed by atoms with E-state index in [4.69, 9.17) is 4.74 Å². The molecule has 0 fully saturated rings. The number of benzene rings is 3. The van der Waals surface area contributed by atoms with Crippen molar-refractivity contribution in [2.75, 3.05) is 11.9 Å². The molecule has 0 radical (unpaired) electrons. The van der Waals surface area contributed by atoms with Gasteiger partial charge in [-0.15, -0.1) is 0 Å². The number of halogens is 1. The maximum Gasteiger partial charge on any atom is 0.262 e. The van der Waals surface area contributed by atoms with E-state index < -0.39 is 18.3 Å². The molecule has 0 heterocycles. The standard InChI is InChI=1S/C22H14FNO4/c23-16-9-3-4-11-18(16)28-12-19(25)24-17-10-5-8-15-20(17)22(27)14-7-2-1-6-13(14)21(15)26/h1-11H,12H2,(H,24,25). The first-order valence-electron chi connectivity index (χ1n) is 8.55. The van der Waals surface area contributed by atoms with Crippen molar-refractivity contribution in [1.29, 1.82) is 0 Å². The van der Waals surface area contributed by atoms with Crippen LogP contribution in [-0.4, -0.2) is 24.1 Å². The lowest BCUT2D eigenvalue weighted by Gasteiger charge is -2.20. The zero-order valence-corrected chi connectivity index (χ0v) is 14.6. The number of nitrogens with one attached hydrogen (secondary N) is 1. The van der Waals surface area contributed by atoms with Gasteiger partial charge in [0, 0.05) is 16.7 Å². The molecule has 0 spiro atoms. The molecule has 0 unspecified atom stereocenters. The summed E-state index contributed by atoms with van der Waals surface area (Å²) < 4.78 is 18.8. The summed E-state index contributed by atoms with van der Waals surface area (Å²) in [5, 5.41) is 2.58. The minimum Gasteiger partial charge on any atom is -0.481 e. The lowest BCUT2D eigenvalue weighted by Crippen LogP contribution is -2.26. The highest BCUT2D eigenvalue weighted by atomic mass is 19.1. The minimum atomic E-state index is -0.579. The van der Waals surface area contributed by atoms with E-state index in [0.717, 1.165) is 0 Å². The number of hydrogen-bond donors (Lipinski definition) is 1. The van der Waals surface area contributed by atoms with Gasteiger partial charge in [0.25, 0.3) is 5.91 Å². The van der Waals surface area contributed by atoms with Crippen LogP contribution in [0.3, 0.4) is 0 Å². The van der Waals surface area contributed by atoms with Gasteiger partial charge in [-0.05, 0) is 18.2 Å². The first-order valence-corrected chi connectivity index (χ1v) is 8.55. The fourth-order valence-corrected chi connectivity index (χ4v) is 3.14. The Hall–Kier alpha value is -3.80. The number of hydrogen-bond acceptors (Lipinski definition) is 4. The molecule has 0 saturated heterocycles. The van der Waals surface area contributed by atoms with Gasteiger partial charge in [0.1, 0.15) is 0 Å². The second kappa shape index (κ2) is 7.08. The van der Waals surface area contributed by atoms with E-state index in [0.29, 0.717) is 11.1 Å². The molecule has 3 aromatic carbocycles. The number of anilines is 1. The number of carbonyl (C=O) groups is 3. The van der Waals surface area contributed by atoms with Crippen LogP contribution in [0, 0.1) is 5.82 Å². The molecule has 0 aliphatic heterocycles. The number of para-hydroxylation sites is 1. The third-order valence-corrected chi connectivity index (χ3v) is 4.42. The van der Waals surface area contributed by atoms with Crippen molar-refractivity contribution in [3.05, 3.63) is 94.8 Å². The number of ketones is 2. The van der Waals surface area contributed by atoms with Crippen molar-refractivity contribution >= 4 is 23.2 Å². The van der Waals surface area contributed by atoms with Crippen LogP contribution in [0.5, 0.6) is 5.75 Å². The van der Waals surface area contributed by atoms with Gasteiger partial charge in [-0.1, -0.05) is 48.5 Å². The second-order valence-electron chi connectivity index (χ2n) is 6.20. The highest BCUT2D eigenvalue weighted by Gasteiger charge is 2.31. The van der Waals surface area contributed by atoms with Crippen LogP contribution in [0.2, 0.25) is 0 Å². The van der Waals surface area contributed by atoms with E-state index in [2.05, 4.69) is 5.32 Å². The summed E-state index contributed by atoms with van der Waals surface area (Å²) in [5.41, 5.74) is 1.23. The van der Waals surface area contributed by atoms with Crippen molar-refractivity contribution in [2.24, 2.45) is 0 Å². The zero-order chi connectivity index (χ0) is 19.7.